The molecule has 9 nitrogen and oxygen atoms in total. The van der Waals surface area contributed by atoms with Gasteiger partial charge in [-0.15, -0.1) is 0 Å². The quantitative estimate of drug-likeness (QED) is 0.664. The van der Waals surface area contributed by atoms with Crippen molar-refractivity contribution < 1.29 is 18.0 Å². The second-order valence-electron chi connectivity index (χ2n) is 6.80. The minimum absolute atomic E-state index is 0.0944. The lowest BCUT2D eigenvalue weighted by Crippen LogP contribution is -2.55. The topological polar surface area (TPSA) is 102 Å². The maximum Gasteiger partial charge on any atom is 0.321 e. The molecule has 2 aliphatic heterocycles. The number of carbonyl (C=O) groups excluding carboxylic acids is 2. The van der Waals surface area contributed by atoms with Crippen LogP contribution in [-0.2, 0) is 15.0 Å². The lowest BCUT2D eigenvalue weighted by atomic mass is 10.2. The molecule has 26 heavy (non-hydrogen) atoms. The van der Waals surface area contributed by atoms with E-state index in [2.05, 4.69) is 10.6 Å². The van der Waals surface area contributed by atoms with Crippen molar-refractivity contribution in [2.24, 2.45) is 0 Å². The Kier molecular flexibility index (Phi) is 8.26. The third-order valence-corrected chi connectivity index (χ3v) is 6.74. The van der Waals surface area contributed by atoms with E-state index in [9.17, 15) is 18.0 Å². The monoisotopic (exact) mass is 389 g/mol. The Bertz CT molecular complexity index is 567. The van der Waals surface area contributed by atoms with E-state index in [1.807, 2.05) is 11.8 Å². The highest BCUT2D eigenvalue weighted by Crippen LogP contribution is 2.17. The summed E-state index contributed by atoms with van der Waals surface area (Å²) >= 11 is 0. The summed E-state index contributed by atoms with van der Waals surface area (Å²) in [5, 5.41) is 4.88. The van der Waals surface area contributed by atoms with Crippen LogP contribution in [0.15, 0.2) is 0 Å². The molecule has 2 aliphatic rings. The lowest BCUT2D eigenvalue weighted by molar-refractivity contribution is -0.121. The Morgan fingerprint density at radius 3 is 2.04 bits per heavy atom. The largest absolute Gasteiger partial charge is 0.338 e. The molecule has 0 atom stereocenters. The highest BCUT2D eigenvalue weighted by Gasteiger charge is 2.32. The minimum Gasteiger partial charge on any atom is -0.338 e. The number of hydrogen-bond acceptors (Lipinski definition) is 5. The van der Waals surface area contributed by atoms with Crippen molar-refractivity contribution in [2.75, 3.05) is 52.4 Å². The fourth-order valence-electron chi connectivity index (χ4n) is 3.21. The first kappa shape index (κ1) is 21.1. The van der Waals surface area contributed by atoms with E-state index in [1.54, 1.807) is 4.31 Å². The number of piperazine rings is 1. The molecular weight excluding hydrogens is 358 g/mol. The first-order valence-electron chi connectivity index (χ1n) is 9.48. The van der Waals surface area contributed by atoms with Gasteiger partial charge in [-0.1, -0.05) is 19.8 Å². The summed E-state index contributed by atoms with van der Waals surface area (Å²) in [7, 11) is -3.41. The number of carbonyl (C=O) groups is 2. The van der Waals surface area contributed by atoms with Crippen molar-refractivity contribution in [3.63, 3.8) is 0 Å². The van der Waals surface area contributed by atoms with Crippen molar-refractivity contribution in [3.8, 4) is 0 Å². The number of hydrogen-bond donors (Lipinski definition) is 2. The average molecular weight is 390 g/mol. The maximum absolute atomic E-state index is 12.8. The van der Waals surface area contributed by atoms with Crippen LogP contribution in [0, 0.1) is 0 Å². The molecule has 0 unspecified atom stereocenters. The lowest BCUT2D eigenvalue weighted by Gasteiger charge is -2.36. The van der Waals surface area contributed by atoms with Crippen LogP contribution < -0.4 is 10.6 Å². The minimum atomic E-state index is -3.41. The number of urea groups is 1. The second kappa shape index (κ2) is 10.2. The predicted octanol–water partition coefficient (Wildman–Crippen LogP) is -0.0394. The van der Waals surface area contributed by atoms with Crippen molar-refractivity contribution in [3.05, 3.63) is 0 Å². The molecule has 2 fully saturated rings. The molecule has 0 bridgehead atoms. The zero-order valence-corrected chi connectivity index (χ0v) is 16.4. The zero-order chi connectivity index (χ0) is 19.0. The number of amides is 3. The Morgan fingerprint density at radius 1 is 0.885 bits per heavy atom. The van der Waals surface area contributed by atoms with E-state index < -0.39 is 16.2 Å². The zero-order valence-electron chi connectivity index (χ0n) is 15.6. The Labute approximate surface area is 156 Å². The van der Waals surface area contributed by atoms with Crippen molar-refractivity contribution in [1.82, 2.24) is 24.1 Å². The summed E-state index contributed by atoms with van der Waals surface area (Å²) in [6.07, 6.45) is 4.80. The number of imide groups is 1. The van der Waals surface area contributed by atoms with Crippen LogP contribution in [0.4, 0.5) is 4.79 Å². The summed E-state index contributed by atoms with van der Waals surface area (Å²) in [4.78, 5) is 25.3. The third kappa shape index (κ3) is 6.19. The van der Waals surface area contributed by atoms with Gasteiger partial charge in [-0.25, -0.2) is 4.79 Å². The molecule has 3 amide bonds. The van der Waals surface area contributed by atoms with Gasteiger partial charge in [-0.3, -0.25) is 15.0 Å². The predicted molar refractivity (Wildman–Crippen MR) is 98.8 cm³/mol. The van der Waals surface area contributed by atoms with Crippen LogP contribution in [0.2, 0.25) is 0 Å². The molecule has 0 aromatic rings. The highest BCUT2D eigenvalue weighted by molar-refractivity contribution is 7.86. The Balaban J connectivity index is 1.77. The molecular formula is C16H31N5O4S. The van der Waals surface area contributed by atoms with Gasteiger partial charge < -0.3 is 5.32 Å². The Hall–Kier alpha value is -1.23. The molecule has 0 saturated carbocycles. The van der Waals surface area contributed by atoms with E-state index in [1.165, 1.54) is 4.31 Å². The van der Waals surface area contributed by atoms with Crippen molar-refractivity contribution in [1.29, 1.82) is 0 Å². The van der Waals surface area contributed by atoms with Gasteiger partial charge in [0.25, 0.3) is 10.2 Å². The second-order valence-corrected chi connectivity index (χ2v) is 8.73. The van der Waals surface area contributed by atoms with Gasteiger partial charge in [0.05, 0.1) is 6.54 Å². The number of nitrogens with zero attached hydrogens (tertiary/aromatic N) is 3. The molecule has 2 heterocycles. The van der Waals surface area contributed by atoms with Gasteiger partial charge in [0.2, 0.25) is 5.91 Å². The van der Waals surface area contributed by atoms with E-state index in [-0.39, 0.29) is 12.5 Å². The molecule has 2 saturated heterocycles. The molecule has 0 aromatic carbocycles. The normalized spacial score (nSPS) is 21.1. The van der Waals surface area contributed by atoms with Crippen LogP contribution in [-0.4, -0.2) is 86.2 Å². The first-order valence-corrected chi connectivity index (χ1v) is 10.9. The van der Waals surface area contributed by atoms with Crippen molar-refractivity contribution in [2.45, 2.75) is 39.0 Å². The molecule has 0 aromatic heterocycles. The van der Waals surface area contributed by atoms with Crippen LogP contribution in [0.25, 0.3) is 0 Å². The number of rotatable bonds is 6. The average Bonchev–Trinajstić information content (AvgIpc) is 2.90. The third-order valence-electron chi connectivity index (χ3n) is 4.70. The molecule has 0 aliphatic carbocycles. The summed E-state index contributed by atoms with van der Waals surface area (Å²) in [6, 6.07) is -0.487. The van der Waals surface area contributed by atoms with Gasteiger partial charge in [-0.2, -0.15) is 17.0 Å². The first-order chi connectivity index (χ1) is 12.4. The molecule has 0 radical (unpaired) electrons. The molecule has 2 rings (SSSR count). The Morgan fingerprint density at radius 2 is 1.46 bits per heavy atom. The molecule has 2 N–H and O–H groups in total. The fourth-order valence-corrected chi connectivity index (χ4v) is 4.88. The van der Waals surface area contributed by atoms with E-state index in [0.29, 0.717) is 45.8 Å². The number of nitrogens with one attached hydrogen (secondary N) is 2. The fraction of sp³-hybridized carbons (Fsp3) is 0.875. The SMILES string of the molecule is CCCNC(=O)NC(=O)CN1CCN(S(=O)(=O)N2CCCCCC2)CC1. The standard InChI is InChI=1S/C16H31N5O4S/c1-2-7-17-16(23)18-15(22)14-19-10-12-21(13-11-19)26(24,25)20-8-5-3-4-6-9-20/h2-14H2,1H3,(H2,17,18,22,23). The molecule has 0 spiro atoms. The summed E-state index contributed by atoms with van der Waals surface area (Å²) in [5.74, 6) is -0.373. The van der Waals surface area contributed by atoms with Crippen LogP contribution >= 0.6 is 0 Å². The van der Waals surface area contributed by atoms with Gasteiger partial charge in [0, 0.05) is 45.8 Å². The highest BCUT2D eigenvalue weighted by atomic mass is 32.2. The van der Waals surface area contributed by atoms with Crippen LogP contribution in [0.5, 0.6) is 0 Å². The van der Waals surface area contributed by atoms with Gasteiger partial charge >= 0.3 is 6.03 Å². The van der Waals surface area contributed by atoms with Crippen LogP contribution in [0.3, 0.4) is 0 Å². The summed E-state index contributed by atoms with van der Waals surface area (Å²) in [5.41, 5.74) is 0. The van der Waals surface area contributed by atoms with E-state index >= 15 is 0 Å². The maximum atomic E-state index is 12.8. The van der Waals surface area contributed by atoms with Gasteiger partial charge in [0.1, 0.15) is 0 Å². The molecule has 10 heteroatoms. The van der Waals surface area contributed by atoms with Gasteiger partial charge in [0.15, 0.2) is 0 Å². The van der Waals surface area contributed by atoms with E-state index in [4.69, 9.17) is 0 Å². The van der Waals surface area contributed by atoms with Crippen molar-refractivity contribution >= 4 is 22.1 Å². The van der Waals surface area contributed by atoms with Gasteiger partial charge in [-0.05, 0) is 19.3 Å². The van der Waals surface area contributed by atoms with Crippen LogP contribution in [0.1, 0.15) is 39.0 Å². The molecule has 150 valence electrons. The van der Waals surface area contributed by atoms with E-state index in [0.717, 1.165) is 32.1 Å². The smallest absolute Gasteiger partial charge is 0.321 e. The summed E-state index contributed by atoms with van der Waals surface area (Å²) in [6.45, 7) is 5.44. The summed E-state index contributed by atoms with van der Waals surface area (Å²) < 4.78 is 28.7.